The topological polar surface area (TPSA) is 0 Å². The van der Waals surface area contributed by atoms with Crippen LogP contribution in [0.25, 0.3) is 6.08 Å². The summed E-state index contributed by atoms with van der Waals surface area (Å²) >= 11 is 1.78. The molecule has 0 aliphatic rings. The zero-order valence-electron chi connectivity index (χ0n) is 9.37. The first-order valence-corrected chi connectivity index (χ1v) is 6.07. The minimum atomic E-state index is 0.262. The van der Waals surface area contributed by atoms with Crippen molar-refractivity contribution < 1.29 is 0 Å². The van der Waals surface area contributed by atoms with E-state index in [1.807, 2.05) is 0 Å². The maximum absolute atomic E-state index is 2.24. The van der Waals surface area contributed by atoms with Crippen LogP contribution in [0.3, 0.4) is 0 Å². The zero-order chi connectivity index (χ0) is 10.6. The second-order valence-electron chi connectivity index (χ2n) is 4.47. The van der Waals surface area contributed by atoms with Crippen molar-refractivity contribution in [2.75, 3.05) is 6.26 Å². The van der Waals surface area contributed by atoms with Crippen molar-refractivity contribution in [3.05, 3.63) is 35.9 Å². The number of allylic oxidation sites excluding steroid dienone is 1. The van der Waals surface area contributed by atoms with Crippen LogP contribution < -0.4 is 0 Å². The van der Waals surface area contributed by atoms with Crippen molar-refractivity contribution >= 4 is 17.8 Å². The Hall–Kier alpha value is -0.690. The molecule has 0 radical (unpaired) electrons. The Morgan fingerprint density at radius 2 is 1.64 bits per heavy atom. The number of thioether (sulfide) groups is 1. The molecule has 0 aliphatic heterocycles. The summed E-state index contributed by atoms with van der Waals surface area (Å²) in [5, 5.41) is 0. The van der Waals surface area contributed by atoms with Crippen molar-refractivity contribution in [2.45, 2.75) is 25.7 Å². The fourth-order valence-corrected chi connectivity index (χ4v) is 1.47. The van der Waals surface area contributed by atoms with Gasteiger partial charge in [-0.15, -0.1) is 11.8 Å². The zero-order valence-corrected chi connectivity index (χ0v) is 10.2. The van der Waals surface area contributed by atoms with Crippen LogP contribution in [0.4, 0.5) is 0 Å². The Labute approximate surface area is 91.4 Å². The van der Waals surface area contributed by atoms with Crippen LogP contribution in [0.15, 0.2) is 35.2 Å². The molecule has 1 rings (SSSR count). The van der Waals surface area contributed by atoms with E-state index in [4.69, 9.17) is 0 Å². The van der Waals surface area contributed by atoms with Gasteiger partial charge in [0.15, 0.2) is 0 Å². The Morgan fingerprint density at radius 3 is 2.07 bits per heavy atom. The second-order valence-corrected chi connectivity index (χ2v) is 5.35. The molecule has 1 heteroatoms. The van der Waals surface area contributed by atoms with Gasteiger partial charge in [0.2, 0.25) is 0 Å². The van der Waals surface area contributed by atoms with Gasteiger partial charge in [-0.1, -0.05) is 45.1 Å². The van der Waals surface area contributed by atoms with Gasteiger partial charge < -0.3 is 0 Å². The first-order valence-electron chi connectivity index (χ1n) is 4.84. The molecule has 0 heterocycles. The lowest BCUT2D eigenvalue weighted by atomic mass is 9.95. The van der Waals surface area contributed by atoms with E-state index in [2.05, 4.69) is 63.4 Å². The van der Waals surface area contributed by atoms with Gasteiger partial charge in [-0.2, -0.15) is 0 Å². The average Bonchev–Trinajstić information content (AvgIpc) is 2.14. The van der Waals surface area contributed by atoms with E-state index < -0.39 is 0 Å². The van der Waals surface area contributed by atoms with E-state index >= 15 is 0 Å². The van der Waals surface area contributed by atoms with Crippen molar-refractivity contribution in [3.63, 3.8) is 0 Å². The SMILES string of the molecule is CSc1ccc(/C=C/C(C)(C)C)cc1. The maximum Gasteiger partial charge on any atom is 0.00695 e. The van der Waals surface area contributed by atoms with Crippen molar-refractivity contribution in [1.29, 1.82) is 0 Å². The van der Waals surface area contributed by atoms with Crippen molar-refractivity contribution in [1.82, 2.24) is 0 Å². The summed E-state index contributed by atoms with van der Waals surface area (Å²) in [4.78, 5) is 1.32. The second kappa shape index (κ2) is 4.70. The minimum Gasteiger partial charge on any atom is -0.130 e. The molecule has 0 bridgehead atoms. The number of benzene rings is 1. The van der Waals surface area contributed by atoms with Gasteiger partial charge in [-0.25, -0.2) is 0 Å². The highest BCUT2D eigenvalue weighted by molar-refractivity contribution is 7.98. The monoisotopic (exact) mass is 206 g/mol. The van der Waals surface area contributed by atoms with E-state index in [9.17, 15) is 0 Å². The Kier molecular flexibility index (Phi) is 3.82. The third-order valence-electron chi connectivity index (χ3n) is 1.89. The average molecular weight is 206 g/mol. The largest absolute Gasteiger partial charge is 0.130 e. The smallest absolute Gasteiger partial charge is 0.00695 e. The summed E-state index contributed by atoms with van der Waals surface area (Å²) < 4.78 is 0. The fraction of sp³-hybridized carbons (Fsp3) is 0.385. The van der Waals surface area contributed by atoms with Gasteiger partial charge in [0.05, 0.1) is 0 Å². The Bertz CT molecular complexity index is 301. The van der Waals surface area contributed by atoms with Gasteiger partial charge in [0.1, 0.15) is 0 Å². The van der Waals surface area contributed by atoms with Crippen molar-refractivity contribution in [2.24, 2.45) is 5.41 Å². The predicted octanol–water partition coefficient (Wildman–Crippen LogP) is 4.47. The standard InChI is InChI=1S/C13H18S/c1-13(2,3)10-9-11-5-7-12(14-4)8-6-11/h5-10H,1-4H3/b10-9+. The molecule has 0 nitrogen and oxygen atoms in total. The summed E-state index contributed by atoms with van der Waals surface area (Å²) in [5.41, 5.74) is 1.54. The summed E-state index contributed by atoms with van der Waals surface area (Å²) in [6.07, 6.45) is 6.52. The van der Waals surface area contributed by atoms with Crippen LogP contribution >= 0.6 is 11.8 Å². The van der Waals surface area contributed by atoms with Gasteiger partial charge >= 0.3 is 0 Å². The highest BCUT2D eigenvalue weighted by Crippen LogP contribution is 2.19. The number of hydrogen-bond donors (Lipinski definition) is 0. The maximum atomic E-state index is 2.24. The van der Waals surface area contributed by atoms with Gasteiger partial charge in [0.25, 0.3) is 0 Å². The molecule has 0 atom stereocenters. The summed E-state index contributed by atoms with van der Waals surface area (Å²) in [6.45, 7) is 6.62. The van der Waals surface area contributed by atoms with E-state index in [1.165, 1.54) is 10.5 Å². The molecule has 0 N–H and O–H groups in total. The summed E-state index contributed by atoms with van der Waals surface area (Å²) in [5.74, 6) is 0. The molecule has 0 aromatic heterocycles. The molecule has 0 unspecified atom stereocenters. The Morgan fingerprint density at radius 1 is 1.07 bits per heavy atom. The highest BCUT2D eigenvalue weighted by atomic mass is 32.2. The minimum absolute atomic E-state index is 0.262. The Balaban J connectivity index is 2.74. The molecule has 0 saturated heterocycles. The van der Waals surface area contributed by atoms with Crippen LogP contribution in [-0.2, 0) is 0 Å². The molecule has 0 fully saturated rings. The number of rotatable bonds is 2. The summed E-state index contributed by atoms with van der Waals surface area (Å²) in [7, 11) is 0. The molecular weight excluding hydrogens is 188 g/mol. The molecular formula is C13H18S. The van der Waals surface area contributed by atoms with Crippen LogP contribution in [0.2, 0.25) is 0 Å². The third kappa shape index (κ3) is 4.01. The lowest BCUT2D eigenvalue weighted by molar-refractivity contribution is 0.547. The quantitative estimate of drug-likeness (QED) is 0.643. The van der Waals surface area contributed by atoms with Gasteiger partial charge in [-0.3, -0.25) is 0 Å². The van der Waals surface area contributed by atoms with Crippen LogP contribution in [0.1, 0.15) is 26.3 Å². The van der Waals surface area contributed by atoms with Crippen LogP contribution in [0.5, 0.6) is 0 Å². The lowest BCUT2D eigenvalue weighted by Crippen LogP contribution is -1.97. The first kappa shape index (κ1) is 11.4. The van der Waals surface area contributed by atoms with Gasteiger partial charge in [-0.05, 0) is 29.4 Å². The molecule has 14 heavy (non-hydrogen) atoms. The normalized spacial score (nSPS) is 12.3. The van der Waals surface area contributed by atoms with Gasteiger partial charge in [0, 0.05) is 4.90 Å². The van der Waals surface area contributed by atoms with Crippen LogP contribution in [0, 0.1) is 5.41 Å². The first-order chi connectivity index (χ1) is 6.51. The predicted molar refractivity (Wildman–Crippen MR) is 66.7 cm³/mol. The molecule has 0 spiro atoms. The fourth-order valence-electron chi connectivity index (χ4n) is 1.06. The van der Waals surface area contributed by atoms with E-state index in [0.29, 0.717) is 0 Å². The van der Waals surface area contributed by atoms with E-state index in [-0.39, 0.29) is 5.41 Å². The van der Waals surface area contributed by atoms with Crippen LogP contribution in [-0.4, -0.2) is 6.26 Å². The van der Waals surface area contributed by atoms with Crippen molar-refractivity contribution in [3.8, 4) is 0 Å². The highest BCUT2D eigenvalue weighted by Gasteiger charge is 2.03. The molecule has 1 aromatic rings. The molecule has 1 aromatic carbocycles. The third-order valence-corrected chi connectivity index (χ3v) is 2.64. The molecule has 0 amide bonds. The van der Waals surface area contributed by atoms with E-state index in [1.54, 1.807) is 11.8 Å². The van der Waals surface area contributed by atoms with E-state index in [0.717, 1.165) is 0 Å². The number of hydrogen-bond acceptors (Lipinski definition) is 1. The molecule has 0 saturated carbocycles. The molecule has 0 aliphatic carbocycles. The molecule has 76 valence electrons. The lowest BCUT2D eigenvalue weighted by Gasteiger charge is -2.10. The summed E-state index contributed by atoms with van der Waals surface area (Å²) in [6, 6.07) is 8.64.